The summed E-state index contributed by atoms with van der Waals surface area (Å²) in [6.07, 6.45) is 14.0. The van der Waals surface area contributed by atoms with Crippen LogP contribution in [0.25, 0.3) is 0 Å². The number of ether oxygens (including phenoxy) is 1. The molecule has 1 heterocycles. The molecule has 7 heteroatoms. The van der Waals surface area contributed by atoms with Crippen LogP contribution in [0, 0.1) is 0 Å². The highest BCUT2D eigenvalue weighted by Crippen LogP contribution is 2.30. The number of aromatic nitrogens is 3. The van der Waals surface area contributed by atoms with Crippen molar-refractivity contribution in [3.05, 3.63) is 35.9 Å². The fourth-order valence-electron chi connectivity index (χ4n) is 3.49. The van der Waals surface area contributed by atoms with Gasteiger partial charge in [0.1, 0.15) is 23.1 Å². The zero-order valence-electron chi connectivity index (χ0n) is 19.5. The van der Waals surface area contributed by atoms with Crippen LogP contribution in [0.2, 0.25) is 0 Å². The van der Waals surface area contributed by atoms with Crippen LogP contribution in [0.4, 0.5) is 0 Å². The molecule has 0 aliphatic heterocycles. The molecule has 0 radical (unpaired) electrons. The van der Waals surface area contributed by atoms with E-state index in [-0.39, 0.29) is 22.3 Å². The molecular weight excluding hydrogens is 438 g/mol. The molecule has 178 valence electrons. The monoisotopic (exact) mass is 477 g/mol. The van der Waals surface area contributed by atoms with Crippen molar-refractivity contribution in [2.24, 2.45) is 0 Å². The average molecular weight is 478 g/mol. The summed E-state index contributed by atoms with van der Waals surface area (Å²) < 4.78 is 5.89. The van der Waals surface area contributed by atoms with Gasteiger partial charge in [0, 0.05) is 0 Å². The Morgan fingerprint density at radius 3 is 1.66 bits per heavy atom. The van der Waals surface area contributed by atoms with E-state index in [0.29, 0.717) is 17.4 Å². The number of thiol groups is 2. The van der Waals surface area contributed by atoms with Crippen LogP contribution in [0.5, 0.6) is 17.5 Å². The first-order valence-electron chi connectivity index (χ1n) is 12.1. The number of unbranched alkanes of at least 4 members (excludes halogenated alkanes) is 8. The molecule has 0 amide bonds. The van der Waals surface area contributed by atoms with E-state index in [0.717, 1.165) is 25.7 Å². The second kappa shape index (κ2) is 15.4. The van der Waals surface area contributed by atoms with Crippen molar-refractivity contribution in [2.75, 3.05) is 0 Å². The molecule has 0 saturated carbocycles. The Kier molecular flexibility index (Phi) is 12.9. The predicted molar refractivity (Wildman–Crippen MR) is 138 cm³/mol. The number of benzene rings is 1. The van der Waals surface area contributed by atoms with Gasteiger partial charge in [-0.05, 0) is 37.1 Å². The molecule has 0 saturated heterocycles. The van der Waals surface area contributed by atoms with Gasteiger partial charge in [-0.1, -0.05) is 78.1 Å². The Bertz CT molecular complexity index is 736. The third kappa shape index (κ3) is 9.99. The Hall–Kier alpha value is -1.47. The molecule has 32 heavy (non-hydrogen) atoms. The number of hydrogen-bond acceptors (Lipinski definition) is 7. The van der Waals surface area contributed by atoms with Crippen LogP contribution >= 0.6 is 25.3 Å². The van der Waals surface area contributed by atoms with Crippen molar-refractivity contribution < 1.29 is 9.84 Å². The molecule has 5 nitrogen and oxygen atoms in total. The van der Waals surface area contributed by atoms with Crippen molar-refractivity contribution in [2.45, 2.75) is 101 Å². The molecule has 0 spiro atoms. The Labute approximate surface area is 204 Å². The zero-order chi connectivity index (χ0) is 23.2. The highest BCUT2D eigenvalue weighted by molar-refractivity contribution is 7.80. The maximum Gasteiger partial charge on any atom is 0.325 e. The fourth-order valence-corrected chi connectivity index (χ4v) is 4.09. The van der Waals surface area contributed by atoms with Gasteiger partial charge in [0.05, 0.1) is 10.5 Å². The van der Waals surface area contributed by atoms with E-state index in [4.69, 9.17) is 35.0 Å². The van der Waals surface area contributed by atoms with Crippen molar-refractivity contribution in [3.63, 3.8) is 0 Å². The smallest absolute Gasteiger partial charge is 0.325 e. The summed E-state index contributed by atoms with van der Waals surface area (Å²) in [5, 5.41) is 9.38. The van der Waals surface area contributed by atoms with Crippen molar-refractivity contribution in [1.82, 2.24) is 15.0 Å². The first-order chi connectivity index (χ1) is 15.5. The molecule has 1 aromatic carbocycles. The number of rotatable bonds is 16. The lowest BCUT2D eigenvalue weighted by Crippen LogP contribution is -2.09. The summed E-state index contributed by atoms with van der Waals surface area (Å²) in [6, 6.07) is 6.79. The van der Waals surface area contributed by atoms with Crippen molar-refractivity contribution in [1.29, 1.82) is 0 Å². The molecule has 2 rings (SSSR count). The lowest BCUT2D eigenvalue weighted by Gasteiger charge is -2.15. The minimum absolute atomic E-state index is 0.0642. The maximum absolute atomic E-state index is 9.51. The standard InChI is InChI=1S/C25H39N3O2S2/c1-3-5-7-9-11-13-21(31)23-26-24(22(32)14-12-10-8-6-4-2)28-25(27-23)30-20-17-15-19(29)16-18-20/h15-18,21-22,29,31-32H,3-14H2,1-2H3. The second-order valence-corrected chi connectivity index (χ2v) is 9.61. The van der Waals surface area contributed by atoms with Gasteiger partial charge in [-0.15, -0.1) is 0 Å². The van der Waals surface area contributed by atoms with Crippen LogP contribution in [0.3, 0.4) is 0 Å². The van der Waals surface area contributed by atoms with Gasteiger partial charge in [0.2, 0.25) is 0 Å². The highest BCUT2D eigenvalue weighted by atomic mass is 32.1. The van der Waals surface area contributed by atoms with Crippen LogP contribution in [0.15, 0.2) is 24.3 Å². The third-order valence-electron chi connectivity index (χ3n) is 5.45. The molecule has 2 unspecified atom stereocenters. The van der Waals surface area contributed by atoms with E-state index >= 15 is 0 Å². The van der Waals surface area contributed by atoms with E-state index in [1.807, 2.05) is 0 Å². The van der Waals surface area contributed by atoms with E-state index in [1.165, 1.54) is 51.4 Å². The summed E-state index contributed by atoms with van der Waals surface area (Å²) in [7, 11) is 0. The molecule has 0 aliphatic rings. The number of aromatic hydroxyl groups is 1. The van der Waals surface area contributed by atoms with Gasteiger partial charge in [0.15, 0.2) is 0 Å². The number of phenols is 1. The number of phenolic OH excluding ortho intramolecular Hbond substituents is 1. The van der Waals surface area contributed by atoms with Gasteiger partial charge < -0.3 is 9.84 Å². The lowest BCUT2D eigenvalue weighted by molar-refractivity contribution is 0.426. The van der Waals surface area contributed by atoms with Crippen LogP contribution < -0.4 is 4.74 Å². The largest absolute Gasteiger partial charge is 0.508 e. The van der Waals surface area contributed by atoms with E-state index in [9.17, 15) is 5.11 Å². The molecule has 0 bridgehead atoms. The van der Waals surface area contributed by atoms with Crippen LogP contribution in [-0.2, 0) is 0 Å². The quantitative estimate of drug-likeness (QED) is 0.169. The number of hydrogen-bond donors (Lipinski definition) is 3. The fraction of sp³-hybridized carbons (Fsp3) is 0.640. The molecule has 0 aliphatic carbocycles. The first-order valence-corrected chi connectivity index (χ1v) is 13.2. The summed E-state index contributed by atoms with van der Waals surface area (Å²) >= 11 is 9.58. The van der Waals surface area contributed by atoms with Crippen LogP contribution in [-0.4, -0.2) is 20.1 Å². The predicted octanol–water partition coefficient (Wildman–Crippen LogP) is 8.03. The average Bonchev–Trinajstić information content (AvgIpc) is 2.80. The Morgan fingerprint density at radius 2 is 1.19 bits per heavy atom. The Balaban J connectivity index is 2.10. The first kappa shape index (κ1) is 26.8. The van der Waals surface area contributed by atoms with Gasteiger partial charge >= 0.3 is 6.01 Å². The third-order valence-corrected chi connectivity index (χ3v) is 6.43. The van der Waals surface area contributed by atoms with Gasteiger partial charge in [-0.3, -0.25) is 0 Å². The minimum Gasteiger partial charge on any atom is -0.508 e. The molecule has 2 aromatic rings. The summed E-state index contributed by atoms with van der Waals surface area (Å²) in [5.41, 5.74) is 0. The normalized spacial score (nSPS) is 13.1. The minimum atomic E-state index is -0.0642. The van der Waals surface area contributed by atoms with Gasteiger partial charge in [-0.25, -0.2) is 4.98 Å². The second-order valence-electron chi connectivity index (χ2n) is 8.37. The van der Waals surface area contributed by atoms with Crippen LogP contribution in [0.1, 0.15) is 113 Å². The molecule has 1 N–H and O–H groups in total. The maximum atomic E-state index is 9.51. The SMILES string of the molecule is CCCCCCCC(S)c1nc(Oc2ccc(O)cc2)nc(C(S)CCCCCCC)n1. The highest BCUT2D eigenvalue weighted by Gasteiger charge is 2.19. The van der Waals surface area contributed by atoms with Gasteiger partial charge in [0.25, 0.3) is 0 Å². The lowest BCUT2D eigenvalue weighted by atomic mass is 10.1. The van der Waals surface area contributed by atoms with E-state index in [2.05, 4.69) is 23.8 Å². The topological polar surface area (TPSA) is 68.1 Å². The van der Waals surface area contributed by atoms with Gasteiger partial charge in [-0.2, -0.15) is 35.2 Å². The summed E-state index contributed by atoms with van der Waals surface area (Å²) in [5.74, 6) is 2.04. The van der Waals surface area contributed by atoms with Crippen molar-refractivity contribution in [3.8, 4) is 17.5 Å². The summed E-state index contributed by atoms with van der Waals surface area (Å²) in [6.45, 7) is 4.45. The summed E-state index contributed by atoms with van der Waals surface area (Å²) in [4.78, 5) is 13.8. The number of nitrogens with zero attached hydrogens (tertiary/aromatic N) is 3. The molecule has 1 aromatic heterocycles. The zero-order valence-corrected chi connectivity index (χ0v) is 21.3. The Morgan fingerprint density at radius 1 is 0.719 bits per heavy atom. The molecule has 0 fully saturated rings. The van der Waals surface area contributed by atoms with Crippen molar-refractivity contribution >= 4 is 25.3 Å². The van der Waals surface area contributed by atoms with E-state index < -0.39 is 0 Å². The molecular formula is C25H39N3O2S2. The van der Waals surface area contributed by atoms with E-state index in [1.54, 1.807) is 24.3 Å². The molecule has 2 atom stereocenters.